The van der Waals surface area contributed by atoms with Gasteiger partial charge in [-0.25, -0.2) is 9.97 Å². The number of pyridine rings is 2. The third kappa shape index (κ3) is 6.90. The number of aliphatic hydroxyl groups excluding tert-OH is 1. The SMILES string of the molecule is Cc1c(Nc2nccc3cc(CN4CC(O)C4)cnc23)cccc1-c1cccc(-c2nc3cc(CN4CCCC4C(=O)O)c(OC(F)F)cc3o2)c1C. The molecule has 3 N–H and O–H groups in total. The van der Waals surface area contributed by atoms with E-state index in [1.165, 1.54) is 6.07 Å². The third-order valence-corrected chi connectivity index (χ3v) is 10.3. The number of aliphatic carboxylic acids is 1. The molecule has 6 aromatic rings. The van der Waals surface area contributed by atoms with Crippen molar-refractivity contribution in [3.8, 4) is 28.3 Å². The lowest BCUT2D eigenvalue weighted by Gasteiger charge is -2.35. The van der Waals surface area contributed by atoms with E-state index >= 15 is 0 Å². The van der Waals surface area contributed by atoms with Crippen LogP contribution in [-0.4, -0.2) is 79.3 Å². The summed E-state index contributed by atoms with van der Waals surface area (Å²) in [7, 11) is 0. The maximum atomic E-state index is 13.5. The second-order valence-electron chi connectivity index (χ2n) is 13.8. The normalized spacial score (nSPS) is 16.8. The number of halogens is 2. The third-order valence-electron chi connectivity index (χ3n) is 10.3. The molecule has 8 rings (SSSR count). The largest absolute Gasteiger partial charge is 0.480 e. The number of fused-ring (bicyclic) bond motifs is 2. The summed E-state index contributed by atoms with van der Waals surface area (Å²) in [5, 5.41) is 23.8. The number of aliphatic hydroxyl groups is 1. The minimum atomic E-state index is -3.06. The Morgan fingerprint density at radius 1 is 1.02 bits per heavy atom. The Morgan fingerprint density at radius 2 is 1.79 bits per heavy atom. The molecule has 0 amide bonds. The second-order valence-corrected chi connectivity index (χ2v) is 13.8. The Hall–Kier alpha value is -5.50. The van der Waals surface area contributed by atoms with E-state index < -0.39 is 18.6 Å². The number of anilines is 2. The first kappa shape index (κ1) is 34.6. The van der Waals surface area contributed by atoms with Crippen molar-refractivity contribution in [3.05, 3.63) is 95.3 Å². The van der Waals surface area contributed by atoms with Crippen molar-refractivity contribution in [2.45, 2.75) is 58.5 Å². The molecule has 2 aliphatic rings. The number of oxazole rings is 1. The summed E-state index contributed by atoms with van der Waals surface area (Å²) in [4.78, 5) is 29.9. The number of nitrogens with one attached hydrogen (secondary N) is 1. The highest BCUT2D eigenvalue weighted by molar-refractivity contribution is 5.91. The topological polar surface area (TPSA) is 137 Å². The molecule has 2 aliphatic heterocycles. The molecule has 13 heteroatoms. The number of hydrogen-bond acceptors (Lipinski definition) is 10. The average molecular weight is 721 g/mol. The molecular formula is C40H38F2N6O5. The smallest absolute Gasteiger partial charge is 0.387 e. The molecule has 0 radical (unpaired) electrons. The van der Waals surface area contributed by atoms with Gasteiger partial charge in [0.05, 0.1) is 6.10 Å². The van der Waals surface area contributed by atoms with Crippen molar-refractivity contribution in [3.63, 3.8) is 0 Å². The van der Waals surface area contributed by atoms with Crippen LogP contribution >= 0.6 is 0 Å². The van der Waals surface area contributed by atoms with Gasteiger partial charge in [0.25, 0.3) is 0 Å². The molecule has 1 atom stereocenters. The maximum Gasteiger partial charge on any atom is 0.387 e. The van der Waals surface area contributed by atoms with Crippen LogP contribution in [0.3, 0.4) is 0 Å². The van der Waals surface area contributed by atoms with Crippen molar-refractivity contribution in [2.24, 2.45) is 0 Å². The number of carboxylic acid groups (broad SMARTS) is 1. The number of β-amino-alcohol motifs (C(OH)–C–C–N with tert-alkyl or cyclic N) is 1. The number of ether oxygens (including phenoxy) is 1. The van der Waals surface area contributed by atoms with Crippen LogP contribution in [0.4, 0.5) is 20.3 Å². The Kier molecular flexibility index (Phi) is 9.23. The number of alkyl halides is 2. The number of rotatable bonds is 11. The number of likely N-dealkylation sites (tertiary alicyclic amines) is 2. The van der Waals surface area contributed by atoms with E-state index in [0.29, 0.717) is 55.3 Å². The van der Waals surface area contributed by atoms with Crippen molar-refractivity contribution in [2.75, 3.05) is 25.0 Å². The lowest BCUT2D eigenvalue weighted by molar-refractivity contribution is -0.142. The van der Waals surface area contributed by atoms with Gasteiger partial charge in [-0.3, -0.25) is 19.6 Å². The van der Waals surface area contributed by atoms with Crippen LogP contribution in [0.25, 0.3) is 44.6 Å². The van der Waals surface area contributed by atoms with Gasteiger partial charge in [0.15, 0.2) is 11.4 Å². The highest BCUT2D eigenvalue weighted by Crippen LogP contribution is 2.38. The first-order valence-corrected chi connectivity index (χ1v) is 17.6. The molecular weight excluding hydrogens is 682 g/mol. The summed E-state index contributed by atoms with van der Waals surface area (Å²) in [6, 6.07) is 18.3. The van der Waals surface area contributed by atoms with Gasteiger partial charge in [0.1, 0.15) is 22.8 Å². The van der Waals surface area contributed by atoms with Gasteiger partial charge in [-0.05, 0) is 91.4 Å². The van der Waals surface area contributed by atoms with E-state index in [-0.39, 0.29) is 24.0 Å². The molecule has 5 heterocycles. The molecule has 0 saturated carbocycles. The summed E-state index contributed by atoms with van der Waals surface area (Å²) >= 11 is 0. The van der Waals surface area contributed by atoms with Gasteiger partial charge in [-0.2, -0.15) is 8.78 Å². The fourth-order valence-corrected chi connectivity index (χ4v) is 7.52. The molecule has 272 valence electrons. The summed E-state index contributed by atoms with van der Waals surface area (Å²) < 4.78 is 38.0. The minimum absolute atomic E-state index is 0.0691. The number of aromatic nitrogens is 3. The van der Waals surface area contributed by atoms with Gasteiger partial charge < -0.3 is 24.7 Å². The molecule has 3 aromatic carbocycles. The van der Waals surface area contributed by atoms with Gasteiger partial charge in [-0.15, -0.1) is 0 Å². The monoisotopic (exact) mass is 720 g/mol. The van der Waals surface area contributed by atoms with Crippen LogP contribution < -0.4 is 10.1 Å². The fraction of sp³-hybridized carbons (Fsp3) is 0.300. The van der Waals surface area contributed by atoms with Gasteiger partial charge in [0.2, 0.25) is 5.89 Å². The number of hydrogen-bond donors (Lipinski definition) is 3. The van der Waals surface area contributed by atoms with Gasteiger partial charge in [-0.1, -0.05) is 24.3 Å². The van der Waals surface area contributed by atoms with Crippen LogP contribution in [0, 0.1) is 13.8 Å². The van der Waals surface area contributed by atoms with E-state index in [9.17, 15) is 23.8 Å². The molecule has 3 aromatic heterocycles. The van der Waals surface area contributed by atoms with Crippen LogP contribution in [0.15, 0.2) is 77.5 Å². The predicted octanol–water partition coefficient (Wildman–Crippen LogP) is 7.29. The number of carbonyl (C=O) groups is 1. The molecule has 0 aliphatic carbocycles. The molecule has 0 spiro atoms. The number of nitrogens with zero attached hydrogens (tertiary/aromatic N) is 5. The zero-order valence-electron chi connectivity index (χ0n) is 29.2. The average Bonchev–Trinajstić information content (AvgIpc) is 3.76. The summed E-state index contributed by atoms with van der Waals surface area (Å²) in [5.74, 6) is -0.0389. The number of carboxylic acids is 1. The first-order valence-electron chi connectivity index (χ1n) is 17.6. The van der Waals surface area contributed by atoms with Gasteiger partial charge in [0, 0.05) is 66.8 Å². The van der Waals surface area contributed by atoms with E-state index in [4.69, 9.17) is 19.1 Å². The lowest BCUT2D eigenvalue weighted by Crippen LogP contribution is -2.49. The van der Waals surface area contributed by atoms with Crippen molar-refractivity contribution < 1.29 is 32.9 Å². The van der Waals surface area contributed by atoms with E-state index in [0.717, 1.165) is 56.5 Å². The van der Waals surface area contributed by atoms with E-state index in [1.807, 2.05) is 56.4 Å². The first-order chi connectivity index (χ1) is 25.6. The van der Waals surface area contributed by atoms with Crippen LogP contribution in [-0.2, 0) is 17.9 Å². The molecule has 0 bridgehead atoms. The lowest BCUT2D eigenvalue weighted by atomic mass is 9.93. The number of benzene rings is 3. The van der Waals surface area contributed by atoms with Crippen molar-refractivity contribution >= 4 is 39.5 Å². The molecule has 1 unspecified atom stereocenters. The van der Waals surface area contributed by atoms with E-state index in [2.05, 4.69) is 27.3 Å². The maximum absolute atomic E-state index is 13.5. The Labute approximate surface area is 303 Å². The van der Waals surface area contributed by atoms with Crippen LogP contribution in [0.2, 0.25) is 0 Å². The summed E-state index contributed by atoms with van der Waals surface area (Å²) in [5.41, 5.74) is 8.47. The Morgan fingerprint density at radius 3 is 2.57 bits per heavy atom. The fourth-order valence-electron chi connectivity index (χ4n) is 7.52. The highest BCUT2D eigenvalue weighted by Gasteiger charge is 2.31. The molecule has 2 fully saturated rings. The molecule has 53 heavy (non-hydrogen) atoms. The zero-order valence-corrected chi connectivity index (χ0v) is 29.2. The Balaban J connectivity index is 1.09. The standard InChI is InChI=1S/C40H38F2N6O5/c1-22-28(29-7-4-9-31(23(29)2)45-37-36-25(11-12-43-37)14-24(17-44-36)18-47-20-27(49)21-47)6-3-8-30(22)38-46-32-15-26(19-48-13-5-10-33(48)39(50)51)34(53-40(41)42)16-35(32)52-38/h3-4,6-9,11-12,14-17,27,33,40,49H,5,10,13,18-21H2,1-2H3,(H,43,45)(H,50,51). The van der Waals surface area contributed by atoms with Gasteiger partial charge >= 0.3 is 12.6 Å². The van der Waals surface area contributed by atoms with Crippen LogP contribution in [0.5, 0.6) is 5.75 Å². The minimum Gasteiger partial charge on any atom is -0.480 e. The Bertz CT molecular complexity index is 2340. The van der Waals surface area contributed by atoms with Crippen molar-refractivity contribution in [1.29, 1.82) is 0 Å². The van der Waals surface area contributed by atoms with E-state index in [1.54, 1.807) is 17.2 Å². The zero-order chi connectivity index (χ0) is 36.8. The van der Waals surface area contributed by atoms with Crippen LogP contribution in [0.1, 0.15) is 35.1 Å². The molecule has 11 nitrogen and oxygen atoms in total. The van der Waals surface area contributed by atoms with Crippen molar-refractivity contribution in [1.82, 2.24) is 24.8 Å². The molecule has 2 saturated heterocycles. The highest BCUT2D eigenvalue weighted by atomic mass is 19.3. The summed E-state index contributed by atoms with van der Waals surface area (Å²) in [6.07, 6.45) is 4.57. The summed E-state index contributed by atoms with van der Waals surface area (Å²) in [6.45, 7) is 3.72. The quantitative estimate of drug-likeness (QED) is 0.124. The predicted molar refractivity (Wildman–Crippen MR) is 196 cm³/mol. The second kappa shape index (κ2) is 14.1.